The molecule has 0 aliphatic carbocycles. The lowest BCUT2D eigenvalue weighted by atomic mass is 10.0. The first-order chi connectivity index (χ1) is 16.7. The monoisotopic (exact) mass is 491 g/mol. The summed E-state index contributed by atoms with van der Waals surface area (Å²) in [6, 6.07) is 9.06. The van der Waals surface area contributed by atoms with Gasteiger partial charge in [0.1, 0.15) is 24.8 Å². The summed E-state index contributed by atoms with van der Waals surface area (Å²) < 4.78 is 14.1. The van der Waals surface area contributed by atoms with Crippen molar-refractivity contribution in [2.24, 2.45) is 4.99 Å². The number of carbonyl (C=O) groups excluding carboxylic acids is 1. The number of aliphatic imine (C=N–C) groups is 1. The van der Waals surface area contributed by atoms with Crippen molar-refractivity contribution in [3.63, 3.8) is 0 Å². The number of hydrogen-bond donors (Lipinski definition) is 1. The van der Waals surface area contributed by atoms with Crippen LogP contribution in [0.25, 0.3) is 22.3 Å². The van der Waals surface area contributed by atoms with Crippen LogP contribution in [0.1, 0.15) is 18.1 Å². The summed E-state index contributed by atoms with van der Waals surface area (Å²) >= 11 is 0. The Hall–Kier alpha value is -3.30. The van der Waals surface area contributed by atoms with Crippen LogP contribution in [-0.4, -0.2) is 53.7 Å². The zero-order valence-electron chi connectivity index (χ0n) is 20.9. The zero-order valence-corrected chi connectivity index (χ0v) is 21.9. The minimum absolute atomic E-state index is 0.0290. The first kappa shape index (κ1) is 24.8. The van der Waals surface area contributed by atoms with Crippen LogP contribution in [0.3, 0.4) is 0 Å². The lowest BCUT2D eigenvalue weighted by molar-refractivity contribution is -0.116. The number of amides is 1. The highest BCUT2D eigenvalue weighted by molar-refractivity contribution is 6.76. The third-order valence-corrected chi connectivity index (χ3v) is 7.47. The fourth-order valence-electron chi connectivity index (χ4n) is 3.86. The molecule has 8 nitrogen and oxygen atoms in total. The second kappa shape index (κ2) is 10.5. The molecule has 3 aromatic rings. The summed E-state index contributed by atoms with van der Waals surface area (Å²) in [6.07, 6.45) is 4.87. The highest BCUT2D eigenvalue weighted by atomic mass is 28.3. The Morgan fingerprint density at radius 2 is 2.17 bits per heavy atom. The van der Waals surface area contributed by atoms with Gasteiger partial charge >= 0.3 is 0 Å². The molecule has 1 N–H and O–H groups in total. The zero-order chi connectivity index (χ0) is 25.0. The lowest BCUT2D eigenvalue weighted by Crippen LogP contribution is -2.22. The molecule has 0 bridgehead atoms. The van der Waals surface area contributed by atoms with Gasteiger partial charge in [0.25, 0.3) is 0 Å². The van der Waals surface area contributed by atoms with E-state index >= 15 is 0 Å². The van der Waals surface area contributed by atoms with E-state index in [0.717, 1.165) is 46.1 Å². The lowest BCUT2D eigenvalue weighted by Gasteiger charge is -2.15. The summed E-state index contributed by atoms with van der Waals surface area (Å²) in [4.78, 5) is 25.5. The molecule has 1 unspecified atom stereocenters. The molecule has 0 spiro atoms. The Balaban J connectivity index is 1.71. The number of fused-ring (bicyclic) bond motifs is 1. The molecule has 0 saturated heterocycles. The van der Waals surface area contributed by atoms with E-state index in [2.05, 4.69) is 46.5 Å². The van der Waals surface area contributed by atoms with Gasteiger partial charge in [-0.3, -0.25) is 4.79 Å². The summed E-state index contributed by atoms with van der Waals surface area (Å²) in [7, 11) is -1.18. The predicted octanol–water partition coefficient (Wildman–Crippen LogP) is 4.38. The molecule has 1 aliphatic rings. The minimum Gasteiger partial charge on any atom is -0.472 e. The number of aromatic nitrogens is 3. The van der Waals surface area contributed by atoms with Gasteiger partial charge in [0.05, 0.1) is 23.2 Å². The van der Waals surface area contributed by atoms with E-state index in [0.29, 0.717) is 25.7 Å². The molecule has 1 atom stereocenters. The molecule has 4 rings (SSSR count). The van der Waals surface area contributed by atoms with Gasteiger partial charge in [-0.05, 0) is 30.7 Å². The van der Waals surface area contributed by atoms with Gasteiger partial charge in [0, 0.05) is 33.0 Å². The maximum atomic E-state index is 11.6. The minimum atomic E-state index is -1.18. The maximum Gasteiger partial charge on any atom is 0.243 e. The molecule has 1 amide bonds. The van der Waals surface area contributed by atoms with Gasteiger partial charge in [-0.2, -0.15) is 0 Å². The van der Waals surface area contributed by atoms with Crippen LogP contribution >= 0.6 is 0 Å². The molecule has 3 heterocycles. The van der Waals surface area contributed by atoms with Crippen molar-refractivity contribution in [3.05, 3.63) is 60.6 Å². The molecule has 35 heavy (non-hydrogen) atoms. The van der Waals surface area contributed by atoms with Crippen LogP contribution in [-0.2, 0) is 27.5 Å². The largest absolute Gasteiger partial charge is 0.472 e. The number of benzene rings is 1. The second-order valence-corrected chi connectivity index (χ2v) is 15.6. The predicted molar refractivity (Wildman–Crippen MR) is 141 cm³/mol. The van der Waals surface area contributed by atoms with E-state index in [1.807, 2.05) is 42.0 Å². The molecular weight excluding hydrogens is 458 g/mol. The third kappa shape index (κ3) is 6.04. The smallest absolute Gasteiger partial charge is 0.243 e. The van der Waals surface area contributed by atoms with E-state index in [4.69, 9.17) is 9.47 Å². The number of nitrogens with one attached hydrogen (secondary N) is 1. The Kier molecular flexibility index (Phi) is 7.47. The molecule has 9 heteroatoms. The standard InChI is InChI=1S/C26H33N5O3Si/c1-6-22(32)27-14-19-8-7-9-20(12-19)24-23-21(26-28-13-18(2)34-26)15-31(25(23)30-16-29-24)17-33-10-11-35(3,4)5/h6-9,12,15-16,18H,1,10-11,13-14,17H2,2-5H3,(H,27,32). The normalized spacial score (nSPS) is 15.7. The van der Waals surface area contributed by atoms with E-state index in [1.54, 1.807) is 6.33 Å². The second-order valence-electron chi connectivity index (χ2n) is 9.98. The molecule has 0 radical (unpaired) electrons. The topological polar surface area (TPSA) is 90.6 Å². The average Bonchev–Trinajstić information content (AvgIpc) is 3.43. The number of ether oxygens (including phenoxy) is 2. The quantitative estimate of drug-likeness (QED) is 0.258. The Labute approximate surface area is 207 Å². The van der Waals surface area contributed by atoms with Crippen molar-refractivity contribution in [2.75, 3.05) is 13.2 Å². The molecular formula is C26H33N5O3Si. The van der Waals surface area contributed by atoms with Gasteiger partial charge < -0.3 is 19.4 Å². The van der Waals surface area contributed by atoms with Crippen LogP contribution in [0.15, 0.2) is 54.4 Å². The molecule has 0 saturated carbocycles. The highest BCUT2D eigenvalue weighted by Crippen LogP contribution is 2.32. The number of nitrogens with zero attached hydrogens (tertiary/aromatic N) is 4. The molecule has 1 aromatic carbocycles. The first-order valence-electron chi connectivity index (χ1n) is 11.9. The van der Waals surface area contributed by atoms with E-state index in [-0.39, 0.29) is 12.0 Å². The van der Waals surface area contributed by atoms with Gasteiger partial charge in [-0.1, -0.05) is 44.4 Å². The van der Waals surface area contributed by atoms with Gasteiger partial charge in [0.15, 0.2) is 0 Å². The van der Waals surface area contributed by atoms with Crippen LogP contribution in [0.4, 0.5) is 0 Å². The summed E-state index contributed by atoms with van der Waals surface area (Å²) in [5.74, 6) is 0.396. The maximum absolute atomic E-state index is 11.6. The van der Waals surface area contributed by atoms with Crippen molar-refractivity contribution in [3.8, 4) is 11.3 Å². The van der Waals surface area contributed by atoms with E-state index in [9.17, 15) is 4.79 Å². The highest BCUT2D eigenvalue weighted by Gasteiger charge is 2.25. The van der Waals surface area contributed by atoms with Crippen molar-refractivity contribution in [1.82, 2.24) is 19.9 Å². The van der Waals surface area contributed by atoms with Crippen LogP contribution in [0.5, 0.6) is 0 Å². The Bertz CT molecular complexity index is 1260. The summed E-state index contributed by atoms with van der Waals surface area (Å²) in [5, 5.41) is 3.70. The average molecular weight is 492 g/mol. The van der Waals surface area contributed by atoms with Crippen molar-refractivity contribution in [2.45, 2.75) is 52.0 Å². The SMILES string of the molecule is C=CC(=O)NCc1cccc(-c2ncnc3c2c(C2=NCC(C)O2)cn3COCC[Si](C)(C)C)c1. The van der Waals surface area contributed by atoms with Gasteiger partial charge in [-0.15, -0.1) is 0 Å². The van der Waals surface area contributed by atoms with Crippen LogP contribution < -0.4 is 5.32 Å². The molecule has 1 aliphatic heterocycles. The van der Waals surface area contributed by atoms with Gasteiger partial charge in [-0.25, -0.2) is 15.0 Å². The third-order valence-electron chi connectivity index (χ3n) is 5.77. The number of rotatable bonds is 10. The van der Waals surface area contributed by atoms with Crippen LogP contribution in [0, 0.1) is 0 Å². The Morgan fingerprint density at radius 1 is 1.34 bits per heavy atom. The molecule has 0 fully saturated rings. The van der Waals surface area contributed by atoms with Crippen molar-refractivity contribution < 1.29 is 14.3 Å². The van der Waals surface area contributed by atoms with Crippen molar-refractivity contribution in [1.29, 1.82) is 0 Å². The first-order valence-corrected chi connectivity index (χ1v) is 15.6. The van der Waals surface area contributed by atoms with Crippen molar-refractivity contribution >= 4 is 30.9 Å². The van der Waals surface area contributed by atoms with E-state index in [1.165, 1.54) is 6.08 Å². The molecule has 184 valence electrons. The summed E-state index contributed by atoms with van der Waals surface area (Å²) in [6.45, 7) is 14.7. The summed E-state index contributed by atoms with van der Waals surface area (Å²) in [5.41, 5.74) is 4.30. The molecule has 2 aromatic heterocycles. The fraction of sp³-hybridized carbons (Fsp3) is 0.385. The Morgan fingerprint density at radius 3 is 2.89 bits per heavy atom. The number of carbonyl (C=O) groups is 1. The van der Waals surface area contributed by atoms with Gasteiger partial charge in [0.2, 0.25) is 11.8 Å². The number of hydrogen-bond acceptors (Lipinski definition) is 6. The van der Waals surface area contributed by atoms with Crippen LogP contribution in [0.2, 0.25) is 25.7 Å². The fourth-order valence-corrected chi connectivity index (χ4v) is 4.62. The van der Waals surface area contributed by atoms with E-state index < -0.39 is 8.07 Å².